The first-order valence-corrected chi connectivity index (χ1v) is 6.36. The van der Waals surface area contributed by atoms with Crippen molar-refractivity contribution in [2.45, 2.75) is 32.2 Å². The minimum absolute atomic E-state index is 0.446. The molecule has 0 aliphatic heterocycles. The number of hydrogen-bond donors (Lipinski definition) is 1. The Kier molecular flexibility index (Phi) is 8.07. The summed E-state index contributed by atoms with van der Waals surface area (Å²) in [6, 6.07) is 0.446. The normalized spacial score (nSPS) is 14.8. The lowest BCUT2D eigenvalue weighted by Crippen LogP contribution is -2.28. The van der Waals surface area contributed by atoms with Crippen molar-refractivity contribution in [2.24, 2.45) is 0 Å². The molecule has 76 valence electrons. The molecule has 0 aliphatic rings. The van der Waals surface area contributed by atoms with Gasteiger partial charge in [-0.2, -0.15) is 0 Å². The summed E-state index contributed by atoms with van der Waals surface area (Å²) in [7, 11) is -0.667. The molecule has 0 aromatic heterocycles. The van der Waals surface area contributed by atoms with Crippen LogP contribution in [-0.2, 0) is 10.8 Å². The Balaban J connectivity index is 3.25. The van der Waals surface area contributed by atoms with E-state index in [2.05, 4.69) is 18.2 Å². The molecule has 0 heterocycles. The Bertz CT molecular complexity index is 186. The molecule has 0 fully saturated rings. The fourth-order valence-electron chi connectivity index (χ4n) is 0.984. The summed E-state index contributed by atoms with van der Waals surface area (Å²) in [4.78, 5) is 0. The Morgan fingerprint density at radius 1 is 1.62 bits per heavy atom. The standard InChI is InChI=1S/C10H19NOS/c1-4-5-6-8-11-10(2)7-9-13(3)12/h1,10-11H,5-9H2,2-3H3. The van der Waals surface area contributed by atoms with Crippen molar-refractivity contribution in [3.8, 4) is 12.3 Å². The molecule has 13 heavy (non-hydrogen) atoms. The highest BCUT2D eigenvalue weighted by Gasteiger charge is 2.01. The third kappa shape index (κ3) is 9.59. The van der Waals surface area contributed by atoms with Gasteiger partial charge in [-0.15, -0.1) is 12.3 Å². The minimum Gasteiger partial charge on any atom is -0.314 e. The molecule has 2 nitrogen and oxygen atoms in total. The molecule has 0 aromatic rings. The molecule has 0 radical (unpaired) electrons. The molecule has 0 spiro atoms. The van der Waals surface area contributed by atoms with Gasteiger partial charge in [-0.05, 0) is 26.3 Å². The first-order chi connectivity index (χ1) is 6.16. The van der Waals surface area contributed by atoms with E-state index < -0.39 is 10.8 Å². The third-order valence-corrected chi connectivity index (χ3v) is 2.64. The average Bonchev–Trinajstić information content (AvgIpc) is 2.09. The van der Waals surface area contributed by atoms with Gasteiger partial charge in [0.1, 0.15) is 0 Å². The van der Waals surface area contributed by atoms with Gasteiger partial charge in [0.25, 0.3) is 0 Å². The predicted molar refractivity (Wildman–Crippen MR) is 59.1 cm³/mol. The van der Waals surface area contributed by atoms with Gasteiger partial charge in [0.2, 0.25) is 0 Å². The summed E-state index contributed by atoms with van der Waals surface area (Å²) in [6.07, 6.45) is 9.69. The van der Waals surface area contributed by atoms with Crippen LogP contribution in [0.1, 0.15) is 26.2 Å². The highest BCUT2D eigenvalue weighted by Crippen LogP contribution is 1.93. The third-order valence-electron chi connectivity index (χ3n) is 1.83. The smallest absolute Gasteiger partial charge is 0.0246 e. The predicted octanol–water partition coefficient (Wildman–Crippen LogP) is 1.15. The second-order valence-corrected chi connectivity index (χ2v) is 4.78. The van der Waals surface area contributed by atoms with Crippen LogP contribution >= 0.6 is 0 Å². The van der Waals surface area contributed by atoms with Crippen LogP contribution in [0.2, 0.25) is 0 Å². The van der Waals surface area contributed by atoms with Crippen molar-refractivity contribution in [2.75, 3.05) is 18.6 Å². The molecular formula is C10H19NOS. The van der Waals surface area contributed by atoms with Crippen molar-refractivity contribution < 1.29 is 4.21 Å². The first-order valence-electron chi connectivity index (χ1n) is 4.63. The first kappa shape index (κ1) is 12.7. The van der Waals surface area contributed by atoms with E-state index >= 15 is 0 Å². The Hall–Kier alpha value is -0.330. The lowest BCUT2D eigenvalue weighted by Gasteiger charge is -2.11. The van der Waals surface area contributed by atoms with Crippen LogP contribution in [0.15, 0.2) is 0 Å². The molecule has 0 rings (SSSR count). The van der Waals surface area contributed by atoms with E-state index in [-0.39, 0.29) is 0 Å². The van der Waals surface area contributed by atoms with Gasteiger partial charge in [0.05, 0.1) is 0 Å². The maximum absolute atomic E-state index is 10.8. The molecule has 3 heteroatoms. The highest BCUT2D eigenvalue weighted by molar-refractivity contribution is 7.84. The summed E-state index contributed by atoms with van der Waals surface area (Å²) in [5.74, 6) is 3.38. The summed E-state index contributed by atoms with van der Waals surface area (Å²) in [5, 5.41) is 3.34. The quantitative estimate of drug-likeness (QED) is 0.494. The maximum atomic E-state index is 10.8. The van der Waals surface area contributed by atoms with Crippen LogP contribution in [-0.4, -0.2) is 28.8 Å². The van der Waals surface area contributed by atoms with Crippen LogP contribution in [0.5, 0.6) is 0 Å². The number of nitrogens with one attached hydrogen (secondary N) is 1. The van der Waals surface area contributed by atoms with Crippen molar-refractivity contribution in [1.29, 1.82) is 0 Å². The molecule has 1 N–H and O–H groups in total. The van der Waals surface area contributed by atoms with Crippen molar-refractivity contribution in [1.82, 2.24) is 5.32 Å². The molecule has 0 saturated heterocycles. The Labute approximate surface area is 83.9 Å². The lowest BCUT2D eigenvalue weighted by molar-refractivity contribution is 0.528. The lowest BCUT2D eigenvalue weighted by atomic mass is 10.2. The van der Waals surface area contributed by atoms with Gasteiger partial charge in [0, 0.05) is 35.3 Å². The average molecular weight is 201 g/mol. The maximum Gasteiger partial charge on any atom is 0.0246 e. The van der Waals surface area contributed by atoms with Gasteiger partial charge in [-0.1, -0.05) is 0 Å². The van der Waals surface area contributed by atoms with E-state index in [0.29, 0.717) is 6.04 Å². The van der Waals surface area contributed by atoms with Crippen LogP contribution in [0, 0.1) is 12.3 Å². The van der Waals surface area contributed by atoms with E-state index in [1.54, 1.807) is 6.26 Å². The molecule has 2 unspecified atom stereocenters. The van der Waals surface area contributed by atoms with Gasteiger partial charge < -0.3 is 5.32 Å². The Morgan fingerprint density at radius 3 is 2.85 bits per heavy atom. The molecular weight excluding hydrogens is 182 g/mol. The fourth-order valence-corrected chi connectivity index (χ4v) is 1.67. The number of hydrogen-bond acceptors (Lipinski definition) is 2. The van der Waals surface area contributed by atoms with Gasteiger partial charge in [-0.25, -0.2) is 0 Å². The summed E-state index contributed by atoms with van der Waals surface area (Å²) < 4.78 is 10.8. The summed E-state index contributed by atoms with van der Waals surface area (Å²) in [6.45, 7) is 3.07. The van der Waals surface area contributed by atoms with Crippen LogP contribution in [0.4, 0.5) is 0 Å². The van der Waals surface area contributed by atoms with E-state index in [1.807, 2.05) is 0 Å². The zero-order valence-corrected chi connectivity index (χ0v) is 9.32. The second-order valence-electron chi connectivity index (χ2n) is 3.23. The highest BCUT2D eigenvalue weighted by atomic mass is 32.2. The van der Waals surface area contributed by atoms with E-state index in [1.165, 1.54) is 0 Å². The van der Waals surface area contributed by atoms with Crippen LogP contribution < -0.4 is 5.32 Å². The van der Waals surface area contributed by atoms with Crippen LogP contribution in [0.3, 0.4) is 0 Å². The largest absolute Gasteiger partial charge is 0.314 e. The number of unbranched alkanes of at least 4 members (excludes halogenated alkanes) is 1. The van der Waals surface area contributed by atoms with Gasteiger partial charge >= 0.3 is 0 Å². The monoisotopic (exact) mass is 201 g/mol. The molecule has 0 aromatic carbocycles. The van der Waals surface area contributed by atoms with Gasteiger partial charge in [-0.3, -0.25) is 4.21 Å². The fraction of sp³-hybridized carbons (Fsp3) is 0.800. The number of rotatable bonds is 7. The topological polar surface area (TPSA) is 29.1 Å². The van der Waals surface area contributed by atoms with E-state index in [4.69, 9.17) is 6.42 Å². The molecule has 2 atom stereocenters. The molecule has 0 aliphatic carbocycles. The zero-order valence-electron chi connectivity index (χ0n) is 8.51. The summed E-state index contributed by atoms with van der Waals surface area (Å²) in [5.41, 5.74) is 0. The van der Waals surface area contributed by atoms with E-state index in [0.717, 1.165) is 31.6 Å². The molecule has 0 amide bonds. The summed E-state index contributed by atoms with van der Waals surface area (Å²) >= 11 is 0. The molecule has 0 bridgehead atoms. The Morgan fingerprint density at radius 2 is 2.31 bits per heavy atom. The molecule has 0 saturated carbocycles. The SMILES string of the molecule is C#CCCCNC(C)CCS(C)=O. The van der Waals surface area contributed by atoms with Crippen molar-refractivity contribution in [3.05, 3.63) is 0 Å². The van der Waals surface area contributed by atoms with E-state index in [9.17, 15) is 4.21 Å². The number of terminal acetylenes is 1. The van der Waals surface area contributed by atoms with Crippen molar-refractivity contribution >= 4 is 10.8 Å². The minimum atomic E-state index is -0.667. The zero-order chi connectivity index (χ0) is 10.1. The van der Waals surface area contributed by atoms with Gasteiger partial charge in [0.15, 0.2) is 0 Å². The second kappa shape index (κ2) is 8.28. The van der Waals surface area contributed by atoms with Crippen molar-refractivity contribution in [3.63, 3.8) is 0 Å². The van der Waals surface area contributed by atoms with Crippen LogP contribution in [0.25, 0.3) is 0 Å².